The number of likely N-dealkylation sites (tertiary alicyclic amines) is 1. The third kappa shape index (κ3) is 4.07. The van der Waals surface area contributed by atoms with Gasteiger partial charge in [-0.2, -0.15) is 4.57 Å². The summed E-state index contributed by atoms with van der Waals surface area (Å²) in [5.41, 5.74) is 3.63. The van der Waals surface area contributed by atoms with Gasteiger partial charge in [-0.25, -0.2) is 0 Å². The maximum absolute atomic E-state index is 12.4. The maximum Gasteiger partial charge on any atom is 0.265 e. The summed E-state index contributed by atoms with van der Waals surface area (Å²) in [7, 11) is 0. The van der Waals surface area contributed by atoms with Gasteiger partial charge in [-0.1, -0.05) is 12.5 Å². The maximum atomic E-state index is 12.4. The third-order valence-electron chi connectivity index (χ3n) is 5.56. The van der Waals surface area contributed by atoms with Crippen LogP contribution in [0.4, 0.5) is 0 Å². The second-order valence-electron chi connectivity index (χ2n) is 7.77. The molecule has 1 fully saturated rings. The lowest BCUT2D eigenvalue weighted by Crippen LogP contribution is -2.38. The third-order valence-corrected chi connectivity index (χ3v) is 5.56. The van der Waals surface area contributed by atoms with Gasteiger partial charge in [0.2, 0.25) is 5.69 Å². The molecule has 2 aliphatic rings. The van der Waals surface area contributed by atoms with Crippen LogP contribution < -0.4 is 9.88 Å². The zero-order chi connectivity index (χ0) is 20.4. The minimum Gasteiger partial charge on any atom is -0.513 e. The van der Waals surface area contributed by atoms with E-state index in [0.29, 0.717) is 23.2 Å². The van der Waals surface area contributed by atoms with Crippen LogP contribution in [0.25, 0.3) is 5.69 Å². The molecule has 0 unspecified atom stereocenters. The number of amides is 2. The number of hydrogen-bond donors (Lipinski definition) is 2. The van der Waals surface area contributed by atoms with Crippen LogP contribution in [0, 0.1) is 0 Å². The SMILES string of the molecule is C/C(O)=C\Cc1cc(CN2CCCCC2)cc[n+]1-c1cccc2c1C(=O)NC2=O. The van der Waals surface area contributed by atoms with Gasteiger partial charge in [0.15, 0.2) is 11.9 Å². The largest absolute Gasteiger partial charge is 0.513 e. The van der Waals surface area contributed by atoms with E-state index in [0.717, 1.165) is 25.3 Å². The summed E-state index contributed by atoms with van der Waals surface area (Å²) in [6.45, 7) is 4.78. The van der Waals surface area contributed by atoms with Crippen LogP contribution in [-0.2, 0) is 13.0 Å². The Kier molecular flexibility index (Phi) is 5.45. The molecule has 6 heteroatoms. The Morgan fingerprint density at radius 1 is 1.17 bits per heavy atom. The van der Waals surface area contributed by atoms with Crippen molar-refractivity contribution in [3.63, 3.8) is 0 Å². The van der Waals surface area contributed by atoms with E-state index in [1.807, 2.05) is 16.8 Å². The van der Waals surface area contributed by atoms with Crippen LogP contribution in [0.5, 0.6) is 0 Å². The van der Waals surface area contributed by atoms with Crippen molar-refractivity contribution in [2.45, 2.75) is 39.2 Å². The smallest absolute Gasteiger partial charge is 0.265 e. The summed E-state index contributed by atoms with van der Waals surface area (Å²) >= 11 is 0. The van der Waals surface area contributed by atoms with Crippen molar-refractivity contribution >= 4 is 11.8 Å². The number of carbonyl (C=O) groups is 2. The molecule has 2 aromatic rings. The molecule has 0 spiro atoms. The fourth-order valence-corrected chi connectivity index (χ4v) is 4.12. The number of benzene rings is 1. The number of aromatic nitrogens is 1. The molecule has 29 heavy (non-hydrogen) atoms. The molecule has 1 aromatic carbocycles. The van der Waals surface area contributed by atoms with Crippen molar-refractivity contribution in [3.05, 3.63) is 70.7 Å². The number of carbonyl (C=O) groups excluding carboxylic acids is 2. The molecule has 2 amide bonds. The summed E-state index contributed by atoms with van der Waals surface area (Å²) in [6, 6.07) is 9.50. The van der Waals surface area contributed by atoms with Gasteiger partial charge in [0.05, 0.1) is 17.7 Å². The van der Waals surface area contributed by atoms with E-state index < -0.39 is 0 Å². The average Bonchev–Trinajstić information content (AvgIpc) is 3.01. The van der Waals surface area contributed by atoms with E-state index in [9.17, 15) is 14.7 Å². The number of rotatable bonds is 5. The standard InChI is InChI=1S/C23H25N3O3/c1-16(27)8-9-18-14-17(15-25-11-3-2-4-12-25)10-13-26(18)20-7-5-6-19-21(20)23(29)24-22(19)28/h5-8,10,13-14H,2-4,9,11-12,15H2,1H3,(H-,24,27,28,29)/p+1/b16-8+. The fraction of sp³-hybridized carbons (Fsp3) is 0.348. The van der Waals surface area contributed by atoms with Crippen LogP contribution in [-0.4, -0.2) is 34.9 Å². The highest BCUT2D eigenvalue weighted by molar-refractivity contribution is 6.22. The summed E-state index contributed by atoms with van der Waals surface area (Å²) in [5.74, 6) is -0.476. The first kappa shape index (κ1) is 19.3. The Hall–Kier alpha value is -2.99. The highest BCUT2D eigenvalue weighted by Gasteiger charge is 2.34. The van der Waals surface area contributed by atoms with Crippen LogP contribution in [0.2, 0.25) is 0 Å². The molecule has 2 N–H and O–H groups in total. The van der Waals surface area contributed by atoms with Gasteiger partial charge in [-0.15, -0.1) is 0 Å². The van der Waals surface area contributed by atoms with Gasteiger partial charge in [-0.3, -0.25) is 19.8 Å². The van der Waals surface area contributed by atoms with Gasteiger partial charge in [-0.05, 0) is 50.6 Å². The van der Waals surface area contributed by atoms with Crippen molar-refractivity contribution in [3.8, 4) is 5.69 Å². The quantitative estimate of drug-likeness (QED) is 0.466. The number of allylic oxidation sites excluding steroid dienone is 2. The molecule has 150 valence electrons. The lowest BCUT2D eigenvalue weighted by atomic mass is 10.1. The Labute approximate surface area is 170 Å². The van der Waals surface area contributed by atoms with Gasteiger partial charge < -0.3 is 5.11 Å². The summed E-state index contributed by atoms with van der Waals surface area (Å²) in [5, 5.41) is 12.0. The van der Waals surface area contributed by atoms with Crippen molar-refractivity contribution in [2.24, 2.45) is 0 Å². The highest BCUT2D eigenvalue weighted by Crippen LogP contribution is 2.21. The molecule has 0 bridgehead atoms. The number of pyridine rings is 1. The molecule has 0 aliphatic carbocycles. The Bertz CT molecular complexity index is 987. The first-order valence-electron chi connectivity index (χ1n) is 10.1. The average molecular weight is 392 g/mol. The first-order valence-corrected chi connectivity index (χ1v) is 10.1. The molecule has 1 aromatic heterocycles. The first-order chi connectivity index (χ1) is 14.0. The van der Waals surface area contributed by atoms with Gasteiger partial charge in [0.25, 0.3) is 11.8 Å². The molecular weight excluding hydrogens is 366 g/mol. The van der Waals surface area contributed by atoms with E-state index in [-0.39, 0.29) is 17.6 Å². The number of nitrogens with one attached hydrogen (secondary N) is 1. The number of aliphatic hydroxyl groups excluding tert-OH is 1. The molecule has 6 nitrogen and oxygen atoms in total. The molecule has 1 saturated heterocycles. The molecule has 0 saturated carbocycles. The normalized spacial score (nSPS) is 17.3. The lowest BCUT2D eigenvalue weighted by Gasteiger charge is -2.26. The highest BCUT2D eigenvalue weighted by atomic mass is 16.3. The monoisotopic (exact) mass is 392 g/mol. The van der Waals surface area contributed by atoms with Crippen molar-refractivity contribution in [2.75, 3.05) is 13.1 Å². The van der Waals surface area contributed by atoms with Gasteiger partial charge >= 0.3 is 0 Å². The fourth-order valence-electron chi connectivity index (χ4n) is 4.12. The summed E-state index contributed by atoms with van der Waals surface area (Å²) < 4.78 is 1.94. The van der Waals surface area contributed by atoms with Crippen molar-refractivity contribution in [1.29, 1.82) is 0 Å². The number of fused-ring (bicyclic) bond motifs is 1. The molecular formula is C23H26N3O3+. The Morgan fingerprint density at radius 3 is 2.72 bits per heavy atom. The number of imide groups is 1. The summed E-state index contributed by atoms with van der Waals surface area (Å²) in [6.07, 6.45) is 8.02. The van der Waals surface area contributed by atoms with Crippen LogP contribution in [0.15, 0.2) is 48.4 Å². The van der Waals surface area contributed by atoms with Crippen LogP contribution in [0.1, 0.15) is 58.2 Å². The predicted octanol–water partition coefficient (Wildman–Crippen LogP) is 2.84. The Morgan fingerprint density at radius 2 is 1.97 bits per heavy atom. The Balaban J connectivity index is 1.74. The molecule has 0 atom stereocenters. The van der Waals surface area contributed by atoms with E-state index in [1.54, 1.807) is 25.1 Å². The number of hydrogen-bond acceptors (Lipinski definition) is 4. The number of piperidine rings is 1. The second-order valence-corrected chi connectivity index (χ2v) is 7.77. The zero-order valence-corrected chi connectivity index (χ0v) is 16.6. The molecule has 4 rings (SSSR count). The van der Waals surface area contributed by atoms with Crippen LogP contribution >= 0.6 is 0 Å². The minimum atomic E-state index is -0.370. The lowest BCUT2D eigenvalue weighted by molar-refractivity contribution is -0.604. The number of nitrogens with zero attached hydrogens (tertiary/aromatic N) is 2. The molecule has 3 heterocycles. The van der Waals surface area contributed by atoms with E-state index >= 15 is 0 Å². The summed E-state index contributed by atoms with van der Waals surface area (Å²) in [4.78, 5) is 26.9. The minimum absolute atomic E-state index is 0.254. The van der Waals surface area contributed by atoms with E-state index in [2.05, 4.69) is 22.3 Å². The van der Waals surface area contributed by atoms with Gasteiger partial charge in [0, 0.05) is 24.7 Å². The van der Waals surface area contributed by atoms with E-state index in [1.165, 1.54) is 24.8 Å². The molecule has 2 aliphatic heterocycles. The second kappa shape index (κ2) is 8.17. The van der Waals surface area contributed by atoms with Gasteiger partial charge in [0.1, 0.15) is 5.56 Å². The predicted molar refractivity (Wildman–Crippen MR) is 109 cm³/mol. The van der Waals surface area contributed by atoms with Crippen molar-refractivity contribution < 1.29 is 19.3 Å². The number of aliphatic hydroxyl groups is 1. The van der Waals surface area contributed by atoms with E-state index in [4.69, 9.17) is 0 Å². The molecule has 0 radical (unpaired) electrons. The zero-order valence-electron chi connectivity index (χ0n) is 16.6. The van der Waals surface area contributed by atoms with Crippen LogP contribution in [0.3, 0.4) is 0 Å². The topological polar surface area (TPSA) is 73.5 Å². The van der Waals surface area contributed by atoms with Crippen molar-refractivity contribution in [1.82, 2.24) is 10.2 Å².